The zero-order valence-electron chi connectivity index (χ0n) is 17.4. The zero-order valence-corrected chi connectivity index (χ0v) is 18.2. The minimum atomic E-state index is -0.754. The Morgan fingerprint density at radius 1 is 1.12 bits per heavy atom. The van der Waals surface area contributed by atoms with Crippen LogP contribution in [0.1, 0.15) is 26.7 Å². The predicted molar refractivity (Wildman–Crippen MR) is 126 cm³/mol. The molecule has 5 rings (SSSR count). The number of benzene rings is 3. The number of nitro groups is 1. The standard InChI is InChI=1S/C25H15N3O5S/c26-13-18-21(23-22(33-24(18)27)17-9-2-4-11-20(17)34-23)16-8-1-3-10-19(16)32-25(29)14-6-5-7-15(12-14)28(30)31/h1-12,21H,27H2. The second-order valence-corrected chi connectivity index (χ2v) is 8.53. The molecule has 8 nitrogen and oxygen atoms in total. The Morgan fingerprint density at radius 3 is 2.68 bits per heavy atom. The molecule has 1 aliphatic heterocycles. The van der Waals surface area contributed by atoms with E-state index in [1.807, 2.05) is 24.3 Å². The molecule has 3 aromatic carbocycles. The van der Waals surface area contributed by atoms with Crippen molar-refractivity contribution in [2.75, 3.05) is 0 Å². The van der Waals surface area contributed by atoms with Crippen LogP contribution in [0.3, 0.4) is 0 Å². The number of rotatable bonds is 4. The number of nitrogens with zero attached hydrogens (tertiary/aromatic N) is 2. The minimum Gasteiger partial charge on any atom is -0.439 e. The van der Waals surface area contributed by atoms with Gasteiger partial charge in [-0.05, 0) is 24.3 Å². The van der Waals surface area contributed by atoms with Crippen LogP contribution in [-0.4, -0.2) is 10.9 Å². The number of carbonyl (C=O) groups is 1. The summed E-state index contributed by atoms with van der Waals surface area (Å²) in [5.74, 6) is -0.587. The lowest BCUT2D eigenvalue weighted by atomic mass is 9.87. The van der Waals surface area contributed by atoms with Crippen LogP contribution in [0.25, 0.3) is 10.1 Å². The van der Waals surface area contributed by atoms with Crippen molar-refractivity contribution >= 4 is 33.1 Å². The Labute approximate surface area is 197 Å². The molecule has 34 heavy (non-hydrogen) atoms. The van der Waals surface area contributed by atoms with Gasteiger partial charge < -0.3 is 15.2 Å². The van der Waals surface area contributed by atoms with E-state index in [-0.39, 0.29) is 28.5 Å². The summed E-state index contributed by atoms with van der Waals surface area (Å²) >= 11 is 1.47. The molecule has 0 saturated heterocycles. The van der Waals surface area contributed by atoms with Gasteiger partial charge in [-0.15, -0.1) is 11.3 Å². The maximum absolute atomic E-state index is 12.9. The lowest BCUT2D eigenvalue weighted by molar-refractivity contribution is -0.384. The van der Waals surface area contributed by atoms with E-state index in [2.05, 4.69) is 6.07 Å². The number of carbonyl (C=O) groups excluding carboxylic acids is 1. The lowest BCUT2D eigenvalue weighted by Crippen LogP contribution is -2.20. The molecule has 1 aromatic heterocycles. The number of nitrogens with two attached hydrogens (primary N) is 1. The zero-order chi connectivity index (χ0) is 23.8. The average molecular weight is 469 g/mol. The maximum Gasteiger partial charge on any atom is 0.343 e. The predicted octanol–water partition coefficient (Wildman–Crippen LogP) is 5.25. The van der Waals surface area contributed by atoms with Crippen molar-refractivity contribution in [1.29, 1.82) is 5.26 Å². The summed E-state index contributed by atoms with van der Waals surface area (Å²) in [7, 11) is 0. The number of non-ortho nitro benzene ring substituents is 1. The van der Waals surface area contributed by atoms with Crippen LogP contribution in [0.15, 0.2) is 84.3 Å². The summed E-state index contributed by atoms with van der Waals surface area (Å²) in [6.07, 6.45) is 0. The molecule has 0 radical (unpaired) electrons. The number of fused-ring (bicyclic) bond motifs is 3. The Hall–Kier alpha value is -4.68. The Morgan fingerprint density at radius 2 is 1.88 bits per heavy atom. The molecule has 1 aliphatic rings. The number of hydrogen-bond donors (Lipinski definition) is 1. The number of nitriles is 1. The molecule has 0 spiro atoms. The van der Waals surface area contributed by atoms with Crippen LogP contribution in [0.2, 0.25) is 0 Å². The third-order valence-corrected chi connectivity index (χ3v) is 6.67. The Balaban J connectivity index is 1.61. The molecule has 9 heteroatoms. The molecule has 166 valence electrons. The molecule has 2 heterocycles. The lowest BCUT2D eigenvalue weighted by Gasteiger charge is -2.25. The monoisotopic (exact) mass is 469 g/mol. The highest BCUT2D eigenvalue weighted by atomic mass is 32.1. The van der Waals surface area contributed by atoms with E-state index in [0.29, 0.717) is 11.3 Å². The number of allylic oxidation sites excluding steroid dienone is 1. The van der Waals surface area contributed by atoms with Gasteiger partial charge in [0, 0.05) is 27.8 Å². The molecular weight excluding hydrogens is 454 g/mol. The molecule has 2 N–H and O–H groups in total. The summed E-state index contributed by atoms with van der Waals surface area (Å²) < 4.78 is 12.5. The van der Waals surface area contributed by atoms with E-state index in [0.717, 1.165) is 21.0 Å². The first-order valence-electron chi connectivity index (χ1n) is 10.1. The van der Waals surface area contributed by atoms with Gasteiger partial charge in [0.05, 0.1) is 21.3 Å². The number of esters is 1. The number of hydrogen-bond acceptors (Lipinski definition) is 8. The van der Waals surface area contributed by atoms with Crippen molar-refractivity contribution in [2.24, 2.45) is 5.73 Å². The van der Waals surface area contributed by atoms with Crippen molar-refractivity contribution in [3.05, 3.63) is 110 Å². The Bertz CT molecular complexity index is 1550. The summed E-state index contributed by atoms with van der Waals surface area (Å²) in [6, 6.07) is 22.0. The van der Waals surface area contributed by atoms with Gasteiger partial charge >= 0.3 is 5.97 Å². The molecule has 0 amide bonds. The second-order valence-electron chi connectivity index (χ2n) is 7.45. The van der Waals surface area contributed by atoms with Crippen molar-refractivity contribution in [2.45, 2.75) is 5.92 Å². The fourth-order valence-electron chi connectivity index (χ4n) is 3.91. The van der Waals surface area contributed by atoms with Crippen LogP contribution in [0.4, 0.5) is 5.69 Å². The van der Waals surface area contributed by atoms with Crippen LogP contribution < -0.4 is 15.2 Å². The normalized spacial score (nSPS) is 14.7. The average Bonchev–Trinajstić information content (AvgIpc) is 3.22. The van der Waals surface area contributed by atoms with Gasteiger partial charge in [0.25, 0.3) is 5.69 Å². The smallest absolute Gasteiger partial charge is 0.343 e. The third kappa shape index (κ3) is 3.52. The number of para-hydroxylation sites is 1. The van der Waals surface area contributed by atoms with Crippen molar-refractivity contribution < 1.29 is 19.2 Å². The largest absolute Gasteiger partial charge is 0.439 e. The molecule has 0 bridgehead atoms. The highest BCUT2D eigenvalue weighted by Gasteiger charge is 2.35. The quantitative estimate of drug-likeness (QED) is 0.187. The number of thiophene rings is 1. The molecule has 1 unspecified atom stereocenters. The van der Waals surface area contributed by atoms with E-state index in [1.54, 1.807) is 24.3 Å². The molecule has 0 saturated carbocycles. The summed E-state index contributed by atoms with van der Waals surface area (Å²) in [5.41, 5.74) is 6.71. The Kier molecular flexibility index (Phi) is 5.20. The van der Waals surface area contributed by atoms with Crippen LogP contribution in [-0.2, 0) is 0 Å². The van der Waals surface area contributed by atoms with Gasteiger partial charge in [0.15, 0.2) is 5.75 Å². The van der Waals surface area contributed by atoms with E-state index in [4.69, 9.17) is 15.2 Å². The highest BCUT2D eigenvalue weighted by molar-refractivity contribution is 7.19. The topological polar surface area (TPSA) is 128 Å². The van der Waals surface area contributed by atoms with Crippen LogP contribution in [0, 0.1) is 21.4 Å². The summed E-state index contributed by atoms with van der Waals surface area (Å²) in [6.45, 7) is 0. The van der Waals surface area contributed by atoms with Crippen LogP contribution >= 0.6 is 11.3 Å². The van der Waals surface area contributed by atoms with E-state index < -0.39 is 16.8 Å². The minimum absolute atomic E-state index is 0.0108. The van der Waals surface area contributed by atoms with Gasteiger partial charge in [-0.3, -0.25) is 10.1 Å². The first-order valence-corrected chi connectivity index (χ1v) is 10.9. The highest BCUT2D eigenvalue weighted by Crippen LogP contribution is 2.51. The molecule has 4 aromatic rings. The third-order valence-electron chi connectivity index (χ3n) is 5.45. The number of nitro benzene ring substituents is 1. The molecule has 0 fully saturated rings. The number of ether oxygens (including phenoxy) is 2. The van der Waals surface area contributed by atoms with Gasteiger partial charge in [-0.2, -0.15) is 5.26 Å². The fourth-order valence-corrected chi connectivity index (χ4v) is 5.17. The van der Waals surface area contributed by atoms with Gasteiger partial charge in [-0.25, -0.2) is 4.79 Å². The van der Waals surface area contributed by atoms with E-state index in [1.165, 1.54) is 29.5 Å². The maximum atomic E-state index is 12.9. The fraction of sp³-hybridized carbons (Fsp3) is 0.0400. The van der Waals surface area contributed by atoms with Crippen molar-refractivity contribution in [3.63, 3.8) is 0 Å². The van der Waals surface area contributed by atoms with Gasteiger partial charge in [0.1, 0.15) is 17.4 Å². The first kappa shape index (κ1) is 21.2. The van der Waals surface area contributed by atoms with Gasteiger partial charge in [-0.1, -0.05) is 36.4 Å². The second kappa shape index (κ2) is 8.35. The summed E-state index contributed by atoms with van der Waals surface area (Å²) in [4.78, 5) is 24.1. The molecule has 1 atom stereocenters. The van der Waals surface area contributed by atoms with E-state index in [9.17, 15) is 20.2 Å². The van der Waals surface area contributed by atoms with Crippen molar-refractivity contribution in [3.8, 4) is 17.6 Å². The van der Waals surface area contributed by atoms with Gasteiger partial charge in [0.2, 0.25) is 5.88 Å². The first-order chi connectivity index (χ1) is 16.5. The summed E-state index contributed by atoms with van der Waals surface area (Å²) in [5, 5.41) is 21.8. The molecule has 0 aliphatic carbocycles. The van der Waals surface area contributed by atoms with Crippen LogP contribution in [0.5, 0.6) is 11.5 Å². The SMILES string of the molecule is N#CC1=C(N)Oc2c(sc3ccccc23)C1c1ccccc1OC(=O)c1cccc([N+](=O)[O-])c1. The van der Waals surface area contributed by atoms with E-state index >= 15 is 0 Å². The van der Waals surface area contributed by atoms with Crippen molar-refractivity contribution in [1.82, 2.24) is 0 Å². The molecular formula is C25H15N3O5S.